The molecule has 0 aliphatic heterocycles. The normalized spacial score (nSPS) is 10.7. The maximum atomic E-state index is 11.9. The van der Waals surface area contributed by atoms with Crippen LogP contribution in [0.2, 0.25) is 0 Å². The number of nitrogens with one attached hydrogen (secondary N) is 1. The fourth-order valence-corrected chi connectivity index (χ4v) is 2.30. The lowest BCUT2D eigenvalue weighted by atomic mass is 10.1. The number of carbonyl (C=O) groups is 1. The van der Waals surface area contributed by atoms with Crippen molar-refractivity contribution >= 4 is 12.1 Å². The minimum Gasteiger partial charge on any atom is -0.504 e. The number of benzene rings is 2. The zero-order valence-electron chi connectivity index (χ0n) is 14.8. The number of amides is 1. The molecule has 0 fully saturated rings. The molecule has 0 unspecified atom stereocenters. The minimum absolute atomic E-state index is 0.0368. The number of hydrogen-bond donors (Lipinski definition) is 2. The van der Waals surface area contributed by atoms with E-state index in [9.17, 15) is 9.90 Å². The Morgan fingerprint density at radius 2 is 1.92 bits per heavy atom. The van der Waals surface area contributed by atoms with E-state index in [-0.39, 0.29) is 18.3 Å². The SMILES string of the molecule is COc1cccc(/C=N\NC(=O)COc2c(C)ccc(C)c2C)c1O. The third-order valence-corrected chi connectivity index (χ3v) is 3.86. The summed E-state index contributed by atoms with van der Waals surface area (Å²) in [6, 6.07) is 8.98. The van der Waals surface area contributed by atoms with Gasteiger partial charge in [-0.05, 0) is 49.6 Å². The summed E-state index contributed by atoms with van der Waals surface area (Å²) in [7, 11) is 1.46. The predicted molar refractivity (Wildman–Crippen MR) is 96.5 cm³/mol. The Kier molecular flexibility index (Phi) is 6.00. The number of nitrogens with zero attached hydrogens (tertiary/aromatic N) is 1. The monoisotopic (exact) mass is 342 g/mol. The fraction of sp³-hybridized carbons (Fsp3) is 0.263. The highest BCUT2D eigenvalue weighted by Gasteiger charge is 2.09. The lowest BCUT2D eigenvalue weighted by molar-refractivity contribution is -0.123. The highest BCUT2D eigenvalue weighted by molar-refractivity contribution is 5.86. The summed E-state index contributed by atoms with van der Waals surface area (Å²) in [5.41, 5.74) is 5.90. The Balaban J connectivity index is 1.95. The summed E-state index contributed by atoms with van der Waals surface area (Å²) in [5.74, 6) is 0.623. The van der Waals surface area contributed by atoms with Gasteiger partial charge in [0.25, 0.3) is 5.91 Å². The zero-order chi connectivity index (χ0) is 18.4. The number of aromatic hydroxyl groups is 1. The van der Waals surface area contributed by atoms with Crippen molar-refractivity contribution in [2.75, 3.05) is 13.7 Å². The average molecular weight is 342 g/mol. The predicted octanol–water partition coefficient (Wildman–Crippen LogP) is 2.86. The molecule has 0 aliphatic carbocycles. The third kappa shape index (κ3) is 4.50. The van der Waals surface area contributed by atoms with Crippen molar-refractivity contribution in [3.05, 3.63) is 52.6 Å². The first-order chi connectivity index (χ1) is 11.9. The van der Waals surface area contributed by atoms with Crippen molar-refractivity contribution in [3.63, 3.8) is 0 Å². The first-order valence-electron chi connectivity index (χ1n) is 7.81. The van der Waals surface area contributed by atoms with Crippen LogP contribution in [0.3, 0.4) is 0 Å². The number of methoxy groups -OCH3 is 1. The van der Waals surface area contributed by atoms with Crippen LogP contribution in [0.5, 0.6) is 17.2 Å². The van der Waals surface area contributed by atoms with Crippen molar-refractivity contribution in [2.24, 2.45) is 5.10 Å². The van der Waals surface area contributed by atoms with Gasteiger partial charge >= 0.3 is 0 Å². The molecule has 0 spiro atoms. The molecule has 25 heavy (non-hydrogen) atoms. The molecule has 6 nitrogen and oxygen atoms in total. The minimum atomic E-state index is -0.390. The molecule has 0 heterocycles. The van der Waals surface area contributed by atoms with Crippen LogP contribution in [0.1, 0.15) is 22.3 Å². The van der Waals surface area contributed by atoms with Gasteiger partial charge in [0.1, 0.15) is 5.75 Å². The highest BCUT2D eigenvalue weighted by atomic mass is 16.5. The van der Waals surface area contributed by atoms with Crippen molar-refractivity contribution in [3.8, 4) is 17.2 Å². The van der Waals surface area contributed by atoms with E-state index < -0.39 is 0 Å². The quantitative estimate of drug-likeness (QED) is 0.625. The van der Waals surface area contributed by atoms with E-state index in [2.05, 4.69) is 10.5 Å². The number of rotatable bonds is 6. The summed E-state index contributed by atoms with van der Waals surface area (Å²) in [4.78, 5) is 11.9. The zero-order valence-corrected chi connectivity index (χ0v) is 14.8. The number of ether oxygens (including phenoxy) is 2. The van der Waals surface area contributed by atoms with Crippen LogP contribution in [0.4, 0.5) is 0 Å². The number of phenolic OH excluding ortho intramolecular Hbond substituents is 1. The summed E-state index contributed by atoms with van der Waals surface area (Å²) in [6.45, 7) is 5.74. The molecule has 0 atom stereocenters. The molecule has 1 amide bonds. The Bertz CT molecular complexity index is 800. The molecule has 6 heteroatoms. The van der Waals surface area contributed by atoms with Gasteiger partial charge in [-0.3, -0.25) is 4.79 Å². The standard InChI is InChI=1S/C19H22N2O4/c1-12-8-9-13(2)19(14(12)3)25-11-17(22)21-20-10-15-6-5-7-16(24-4)18(15)23/h5-10,23H,11H2,1-4H3,(H,21,22)/b20-10-. The van der Waals surface area contributed by atoms with Gasteiger partial charge in [0.2, 0.25) is 0 Å². The molecule has 132 valence electrons. The van der Waals surface area contributed by atoms with Crippen LogP contribution in [-0.4, -0.2) is 30.9 Å². The lowest BCUT2D eigenvalue weighted by Crippen LogP contribution is -2.25. The number of hydrazone groups is 1. The Hall–Kier alpha value is -3.02. The number of carbonyl (C=O) groups excluding carboxylic acids is 1. The van der Waals surface area contributed by atoms with Crippen LogP contribution in [-0.2, 0) is 4.79 Å². The van der Waals surface area contributed by atoms with Crippen molar-refractivity contribution < 1.29 is 19.4 Å². The van der Waals surface area contributed by atoms with Gasteiger partial charge in [-0.2, -0.15) is 5.10 Å². The van der Waals surface area contributed by atoms with Gasteiger partial charge in [0.05, 0.1) is 13.3 Å². The summed E-state index contributed by atoms with van der Waals surface area (Å²) >= 11 is 0. The van der Waals surface area contributed by atoms with E-state index in [0.717, 1.165) is 16.7 Å². The van der Waals surface area contributed by atoms with Crippen molar-refractivity contribution in [2.45, 2.75) is 20.8 Å². The van der Waals surface area contributed by atoms with E-state index in [1.54, 1.807) is 18.2 Å². The fourth-order valence-electron chi connectivity index (χ4n) is 2.30. The third-order valence-electron chi connectivity index (χ3n) is 3.86. The van der Waals surface area contributed by atoms with E-state index >= 15 is 0 Å². The van der Waals surface area contributed by atoms with Gasteiger partial charge in [-0.25, -0.2) is 5.43 Å². The molecule has 0 aromatic heterocycles. The summed E-state index contributed by atoms with van der Waals surface area (Å²) < 4.78 is 10.6. The second-order valence-corrected chi connectivity index (χ2v) is 5.63. The molecule has 0 bridgehead atoms. The highest BCUT2D eigenvalue weighted by Crippen LogP contribution is 2.28. The number of phenols is 1. The number of hydrogen-bond acceptors (Lipinski definition) is 5. The van der Waals surface area contributed by atoms with Crippen LogP contribution in [0.25, 0.3) is 0 Å². The molecule has 2 rings (SSSR count). The molecule has 2 aromatic rings. The molecular formula is C19H22N2O4. The Labute approximate surface area is 147 Å². The number of para-hydroxylation sites is 1. The molecule has 0 saturated carbocycles. The second kappa shape index (κ2) is 8.19. The molecule has 0 radical (unpaired) electrons. The van der Waals surface area contributed by atoms with E-state index in [1.165, 1.54) is 13.3 Å². The van der Waals surface area contributed by atoms with Gasteiger partial charge in [0, 0.05) is 5.56 Å². The van der Waals surface area contributed by atoms with Crippen LogP contribution in [0.15, 0.2) is 35.4 Å². The van der Waals surface area contributed by atoms with Gasteiger partial charge < -0.3 is 14.6 Å². The number of aryl methyl sites for hydroxylation is 2. The van der Waals surface area contributed by atoms with Gasteiger partial charge in [-0.1, -0.05) is 18.2 Å². The van der Waals surface area contributed by atoms with E-state index in [1.807, 2.05) is 32.9 Å². The molecule has 2 aromatic carbocycles. The maximum Gasteiger partial charge on any atom is 0.277 e. The van der Waals surface area contributed by atoms with E-state index in [0.29, 0.717) is 17.1 Å². The topological polar surface area (TPSA) is 80.2 Å². The largest absolute Gasteiger partial charge is 0.504 e. The lowest BCUT2D eigenvalue weighted by Gasteiger charge is -2.13. The Morgan fingerprint density at radius 1 is 1.20 bits per heavy atom. The molecule has 0 saturated heterocycles. The molecule has 0 aliphatic rings. The molecular weight excluding hydrogens is 320 g/mol. The second-order valence-electron chi connectivity index (χ2n) is 5.63. The van der Waals surface area contributed by atoms with Crippen LogP contribution >= 0.6 is 0 Å². The average Bonchev–Trinajstić information content (AvgIpc) is 2.60. The van der Waals surface area contributed by atoms with Crippen LogP contribution in [0, 0.1) is 20.8 Å². The first-order valence-corrected chi connectivity index (χ1v) is 7.81. The smallest absolute Gasteiger partial charge is 0.277 e. The van der Waals surface area contributed by atoms with Crippen molar-refractivity contribution in [1.82, 2.24) is 5.43 Å². The summed E-state index contributed by atoms with van der Waals surface area (Å²) in [6.07, 6.45) is 1.35. The first kappa shape index (κ1) is 18.3. The molecule has 2 N–H and O–H groups in total. The van der Waals surface area contributed by atoms with Gasteiger partial charge in [0.15, 0.2) is 18.1 Å². The van der Waals surface area contributed by atoms with E-state index in [4.69, 9.17) is 9.47 Å². The Morgan fingerprint density at radius 3 is 2.64 bits per heavy atom. The summed E-state index contributed by atoms with van der Waals surface area (Å²) in [5, 5.41) is 13.8. The van der Waals surface area contributed by atoms with Crippen molar-refractivity contribution in [1.29, 1.82) is 0 Å². The van der Waals surface area contributed by atoms with Gasteiger partial charge in [-0.15, -0.1) is 0 Å². The van der Waals surface area contributed by atoms with Crippen LogP contribution < -0.4 is 14.9 Å². The maximum absolute atomic E-state index is 11.9.